The second kappa shape index (κ2) is 4.17. The van der Waals surface area contributed by atoms with Gasteiger partial charge in [-0.1, -0.05) is 12.1 Å². The van der Waals surface area contributed by atoms with Crippen molar-refractivity contribution >= 4 is 5.69 Å². The summed E-state index contributed by atoms with van der Waals surface area (Å²) in [6, 6.07) is 4.96. The molecule has 1 aromatic heterocycles. The zero-order valence-corrected chi connectivity index (χ0v) is 8.98. The van der Waals surface area contributed by atoms with Crippen LogP contribution in [-0.2, 0) is 6.18 Å². The molecule has 0 aliphatic carbocycles. The van der Waals surface area contributed by atoms with E-state index in [2.05, 4.69) is 4.98 Å². The van der Waals surface area contributed by atoms with Crippen LogP contribution in [-0.4, -0.2) is 9.55 Å². The molecule has 0 aliphatic heterocycles. The van der Waals surface area contributed by atoms with E-state index in [1.54, 1.807) is 0 Å². The van der Waals surface area contributed by atoms with E-state index in [1.165, 1.54) is 18.2 Å². The first-order valence-electron chi connectivity index (χ1n) is 4.90. The lowest BCUT2D eigenvalue weighted by Gasteiger charge is -2.14. The van der Waals surface area contributed by atoms with Crippen molar-refractivity contribution in [3.05, 3.63) is 52.7 Å². The van der Waals surface area contributed by atoms with Gasteiger partial charge in [0.25, 0.3) is 5.56 Å². The minimum atomic E-state index is -4.49. The molecule has 1 aromatic carbocycles. The zero-order chi connectivity index (χ0) is 13.3. The summed E-state index contributed by atoms with van der Waals surface area (Å²) in [5.74, 6) is 0. The van der Waals surface area contributed by atoms with Gasteiger partial charge in [0.2, 0.25) is 0 Å². The van der Waals surface area contributed by atoms with Crippen molar-refractivity contribution in [3.8, 4) is 5.69 Å². The molecule has 0 spiro atoms. The highest BCUT2D eigenvalue weighted by molar-refractivity contribution is 5.45. The van der Waals surface area contributed by atoms with E-state index in [4.69, 9.17) is 5.73 Å². The van der Waals surface area contributed by atoms with Crippen LogP contribution in [0.25, 0.3) is 5.69 Å². The van der Waals surface area contributed by atoms with E-state index in [9.17, 15) is 18.0 Å². The van der Waals surface area contributed by atoms with Crippen LogP contribution in [0.4, 0.5) is 18.9 Å². The number of aromatic nitrogens is 2. The summed E-state index contributed by atoms with van der Waals surface area (Å²) in [7, 11) is 0. The monoisotopic (exact) mass is 255 g/mol. The van der Waals surface area contributed by atoms with Gasteiger partial charge < -0.3 is 10.3 Å². The Bertz CT molecular complexity index is 634. The number of hydrogen-bond donors (Lipinski definition) is 1. The Morgan fingerprint density at radius 3 is 2.50 bits per heavy atom. The van der Waals surface area contributed by atoms with Crippen LogP contribution in [0, 0.1) is 0 Å². The predicted octanol–water partition coefficient (Wildman–Crippen LogP) is 1.83. The number of nitrogens with zero attached hydrogens (tertiary/aromatic N) is 2. The van der Waals surface area contributed by atoms with Gasteiger partial charge in [-0.2, -0.15) is 18.2 Å². The molecule has 0 unspecified atom stereocenters. The van der Waals surface area contributed by atoms with Gasteiger partial charge in [-0.05, 0) is 12.1 Å². The lowest BCUT2D eigenvalue weighted by molar-refractivity contribution is -0.137. The SMILES string of the molecule is Nc1cn(-c2ccccc2C(F)(F)F)cnc1=O. The van der Waals surface area contributed by atoms with E-state index < -0.39 is 17.3 Å². The largest absolute Gasteiger partial charge is 0.418 e. The molecule has 0 atom stereocenters. The predicted molar refractivity (Wildman–Crippen MR) is 59.2 cm³/mol. The molecule has 0 saturated heterocycles. The van der Waals surface area contributed by atoms with Gasteiger partial charge in [0, 0.05) is 6.20 Å². The maximum Gasteiger partial charge on any atom is 0.418 e. The summed E-state index contributed by atoms with van der Waals surface area (Å²) in [4.78, 5) is 14.4. The van der Waals surface area contributed by atoms with Crippen molar-refractivity contribution < 1.29 is 13.2 Å². The number of nitrogens with two attached hydrogens (primary N) is 1. The lowest BCUT2D eigenvalue weighted by Crippen LogP contribution is -2.16. The highest BCUT2D eigenvalue weighted by Crippen LogP contribution is 2.33. The van der Waals surface area contributed by atoms with E-state index in [0.29, 0.717) is 0 Å². The fourth-order valence-electron chi connectivity index (χ4n) is 1.50. The first kappa shape index (κ1) is 12.2. The van der Waals surface area contributed by atoms with Crippen molar-refractivity contribution in [2.75, 3.05) is 5.73 Å². The minimum Gasteiger partial charge on any atom is -0.393 e. The Balaban J connectivity index is 2.64. The van der Waals surface area contributed by atoms with E-state index in [1.807, 2.05) is 0 Å². The van der Waals surface area contributed by atoms with Crippen LogP contribution in [0.2, 0.25) is 0 Å². The summed E-state index contributed by atoms with van der Waals surface area (Å²) in [6.45, 7) is 0. The Hall–Kier alpha value is -2.31. The van der Waals surface area contributed by atoms with E-state index in [-0.39, 0.29) is 11.4 Å². The molecule has 0 bridgehead atoms. The normalized spacial score (nSPS) is 11.5. The molecule has 7 heteroatoms. The molecule has 2 aromatic rings. The van der Waals surface area contributed by atoms with Crippen LogP contribution < -0.4 is 11.3 Å². The molecular weight excluding hydrogens is 247 g/mol. The third kappa shape index (κ3) is 2.20. The molecule has 0 saturated carbocycles. The third-order valence-corrected chi connectivity index (χ3v) is 2.31. The van der Waals surface area contributed by atoms with Crippen LogP contribution in [0.5, 0.6) is 0 Å². The van der Waals surface area contributed by atoms with Gasteiger partial charge in [-0.15, -0.1) is 0 Å². The number of hydrogen-bond acceptors (Lipinski definition) is 3. The fourth-order valence-corrected chi connectivity index (χ4v) is 1.50. The molecule has 18 heavy (non-hydrogen) atoms. The molecule has 2 N–H and O–H groups in total. The van der Waals surface area contributed by atoms with Gasteiger partial charge in [0.15, 0.2) is 0 Å². The molecule has 0 amide bonds. The highest BCUT2D eigenvalue weighted by Gasteiger charge is 2.33. The second-order valence-corrected chi connectivity index (χ2v) is 3.56. The molecule has 0 aliphatic rings. The Morgan fingerprint density at radius 1 is 1.22 bits per heavy atom. The van der Waals surface area contributed by atoms with Crippen LogP contribution in [0.1, 0.15) is 5.56 Å². The Kier molecular flexibility index (Phi) is 2.82. The molecule has 4 nitrogen and oxygen atoms in total. The van der Waals surface area contributed by atoms with Crippen molar-refractivity contribution in [3.63, 3.8) is 0 Å². The van der Waals surface area contributed by atoms with Crippen LogP contribution >= 0.6 is 0 Å². The summed E-state index contributed by atoms with van der Waals surface area (Å²) in [5.41, 5.74) is 3.50. The number of alkyl halides is 3. The van der Waals surface area contributed by atoms with Gasteiger partial charge in [-0.3, -0.25) is 4.79 Å². The summed E-state index contributed by atoms with van der Waals surface area (Å²) in [5, 5.41) is 0. The summed E-state index contributed by atoms with van der Waals surface area (Å²) < 4.78 is 39.4. The number of anilines is 1. The quantitative estimate of drug-likeness (QED) is 0.845. The van der Waals surface area contributed by atoms with Crippen LogP contribution in [0.15, 0.2) is 41.6 Å². The smallest absolute Gasteiger partial charge is 0.393 e. The van der Waals surface area contributed by atoms with Crippen LogP contribution in [0.3, 0.4) is 0 Å². The van der Waals surface area contributed by atoms with Crippen molar-refractivity contribution in [1.82, 2.24) is 9.55 Å². The number of halogens is 3. The topological polar surface area (TPSA) is 60.9 Å². The molecule has 0 fully saturated rings. The van der Waals surface area contributed by atoms with E-state index >= 15 is 0 Å². The third-order valence-electron chi connectivity index (χ3n) is 2.31. The van der Waals surface area contributed by atoms with E-state index in [0.717, 1.165) is 23.2 Å². The second-order valence-electron chi connectivity index (χ2n) is 3.56. The zero-order valence-electron chi connectivity index (χ0n) is 8.98. The minimum absolute atomic E-state index is 0.135. The van der Waals surface area contributed by atoms with Crippen molar-refractivity contribution in [2.24, 2.45) is 0 Å². The van der Waals surface area contributed by atoms with Crippen molar-refractivity contribution in [2.45, 2.75) is 6.18 Å². The van der Waals surface area contributed by atoms with Gasteiger partial charge in [0.05, 0.1) is 11.3 Å². The maximum atomic E-state index is 12.8. The molecule has 2 rings (SSSR count). The van der Waals surface area contributed by atoms with Gasteiger partial charge >= 0.3 is 6.18 Å². The number of para-hydroxylation sites is 1. The first-order valence-corrected chi connectivity index (χ1v) is 4.90. The first-order chi connectivity index (χ1) is 8.39. The van der Waals surface area contributed by atoms with Gasteiger partial charge in [0.1, 0.15) is 12.0 Å². The Morgan fingerprint density at radius 2 is 1.89 bits per heavy atom. The lowest BCUT2D eigenvalue weighted by atomic mass is 10.1. The molecule has 94 valence electrons. The highest BCUT2D eigenvalue weighted by atomic mass is 19.4. The molecular formula is C11H8F3N3O. The number of nitrogen functional groups attached to an aromatic ring is 1. The average molecular weight is 255 g/mol. The standard InChI is InChI=1S/C11H8F3N3O/c12-11(13,14)7-3-1-2-4-9(7)17-5-8(15)10(18)16-6-17/h1-6H,15H2. The molecule has 0 radical (unpaired) electrons. The number of benzene rings is 1. The summed E-state index contributed by atoms with van der Waals surface area (Å²) >= 11 is 0. The van der Waals surface area contributed by atoms with Crippen molar-refractivity contribution in [1.29, 1.82) is 0 Å². The number of rotatable bonds is 1. The average Bonchev–Trinajstić information content (AvgIpc) is 2.32. The maximum absolute atomic E-state index is 12.8. The fraction of sp³-hybridized carbons (Fsp3) is 0.0909. The van der Waals surface area contributed by atoms with Gasteiger partial charge in [-0.25, -0.2) is 0 Å². The Labute approximate surface area is 99.5 Å². The molecule has 1 heterocycles. The summed E-state index contributed by atoms with van der Waals surface area (Å²) in [6.07, 6.45) is -2.38.